The van der Waals surface area contributed by atoms with E-state index < -0.39 is 0 Å². The third-order valence-corrected chi connectivity index (χ3v) is 3.36. The molecule has 1 aliphatic heterocycles. The Hall–Kier alpha value is -1.37. The maximum atomic E-state index is 8.76. The molecule has 2 unspecified atom stereocenters. The van der Waals surface area contributed by atoms with Crippen LogP contribution in [0.3, 0.4) is 0 Å². The largest absolute Gasteiger partial charge is 0.311 e. The predicted molar refractivity (Wildman–Crippen MR) is 68.5 cm³/mol. The quantitative estimate of drug-likeness (QED) is 0.839. The van der Waals surface area contributed by atoms with E-state index in [4.69, 9.17) is 5.26 Å². The van der Waals surface area contributed by atoms with Gasteiger partial charge in [-0.15, -0.1) is 0 Å². The van der Waals surface area contributed by atoms with Crippen LogP contribution in [-0.4, -0.2) is 30.1 Å². The van der Waals surface area contributed by atoms with Crippen molar-refractivity contribution in [3.8, 4) is 6.07 Å². The lowest BCUT2D eigenvalue weighted by atomic mass is 10.1. The Morgan fingerprint density at radius 3 is 2.71 bits per heavy atom. The van der Waals surface area contributed by atoms with Gasteiger partial charge in [0.2, 0.25) is 0 Å². The van der Waals surface area contributed by atoms with Gasteiger partial charge < -0.3 is 5.32 Å². The van der Waals surface area contributed by atoms with Gasteiger partial charge in [0, 0.05) is 31.7 Å². The molecule has 0 aromatic heterocycles. The second-order valence-electron chi connectivity index (χ2n) is 4.90. The monoisotopic (exact) mass is 229 g/mol. The first-order valence-electron chi connectivity index (χ1n) is 6.15. The van der Waals surface area contributed by atoms with Crippen LogP contribution >= 0.6 is 0 Å². The molecular formula is C14H19N3. The van der Waals surface area contributed by atoms with E-state index in [-0.39, 0.29) is 0 Å². The summed E-state index contributed by atoms with van der Waals surface area (Å²) >= 11 is 0. The summed E-state index contributed by atoms with van der Waals surface area (Å²) in [6.07, 6.45) is 0. The Kier molecular flexibility index (Phi) is 3.78. The summed E-state index contributed by atoms with van der Waals surface area (Å²) in [5, 5.41) is 12.2. The van der Waals surface area contributed by atoms with Crippen molar-refractivity contribution in [3.63, 3.8) is 0 Å². The molecule has 0 amide bonds. The van der Waals surface area contributed by atoms with Crippen LogP contribution in [0.1, 0.15) is 25.0 Å². The lowest BCUT2D eigenvalue weighted by Crippen LogP contribution is -2.53. The molecule has 2 atom stereocenters. The van der Waals surface area contributed by atoms with Crippen molar-refractivity contribution in [3.05, 3.63) is 35.4 Å². The normalized spacial score (nSPS) is 25.5. The molecule has 0 aliphatic carbocycles. The van der Waals surface area contributed by atoms with Crippen LogP contribution in [0.15, 0.2) is 24.3 Å². The molecule has 0 saturated carbocycles. The van der Waals surface area contributed by atoms with Crippen molar-refractivity contribution in [2.75, 3.05) is 13.1 Å². The van der Waals surface area contributed by atoms with Gasteiger partial charge in [-0.1, -0.05) is 12.1 Å². The standard InChI is InChI=1S/C14H19N3/c1-11-9-17(12(2)8-16-11)10-14-5-3-13(7-15)4-6-14/h3-6,11-12,16H,8-10H2,1-2H3. The van der Waals surface area contributed by atoms with Gasteiger partial charge in [0.05, 0.1) is 11.6 Å². The van der Waals surface area contributed by atoms with Crippen LogP contribution < -0.4 is 5.32 Å². The third kappa shape index (κ3) is 3.06. The van der Waals surface area contributed by atoms with Crippen molar-refractivity contribution in [1.29, 1.82) is 5.26 Å². The van der Waals surface area contributed by atoms with Crippen molar-refractivity contribution >= 4 is 0 Å². The molecule has 1 N–H and O–H groups in total. The number of nitriles is 1. The number of benzene rings is 1. The highest BCUT2D eigenvalue weighted by atomic mass is 15.2. The predicted octanol–water partition coefficient (Wildman–Crippen LogP) is 1.74. The Balaban J connectivity index is 2.01. The fourth-order valence-corrected chi connectivity index (χ4v) is 2.24. The van der Waals surface area contributed by atoms with Crippen molar-refractivity contribution in [2.45, 2.75) is 32.5 Å². The van der Waals surface area contributed by atoms with Gasteiger partial charge in [-0.05, 0) is 31.5 Å². The highest BCUT2D eigenvalue weighted by molar-refractivity contribution is 5.31. The maximum absolute atomic E-state index is 8.76. The molecule has 1 aromatic rings. The number of hydrogen-bond donors (Lipinski definition) is 1. The first kappa shape index (κ1) is 12.1. The van der Waals surface area contributed by atoms with E-state index in [1.807, 2.05) is 12.1 Å². The number of rotatable bonds is 2. The van der Waals surface area contributed by atoms with E-state index in [9.17, 15) is 0 Å². The summed E-state index contributed by atoms with van der Waals surface area (Å²) in [7, 11) is 0. The minimum atomic E-state index is 0.560. The molecule has 17 heavy (non-hydrogen) atoms. The summed E-state index contributed by atoms with van der Waals surface area (Å²) in [5.74, 6) is 0. The summed E-state index contributed by atoms with van der Waals surface area (Å²) in [4.78, 5) is 2.49. The summed E-state index contributed by atoms with van der Waals surface area (Å²) in [5.41, 5.74) is 2.01. The molecule has 0 bridgehead atoms. The Morgan fingerprint density at radius 1 is 1.35 bits per heavy atom. The topological polar surface area (TPSA) is 39.1 Å². The van der Waals surface area contributed by atoms with Crippen LogP contribution in [0.4, 0.5) is 0 Å². The molecule has 1 heterocycles. The average Bonchev–Trinajstić information content (AvgIpc) is 2.35. The van der Waals surface area contributed by atoms with E-state index in [2.05, 4.69) is 42.3 Å². The van der Waals surface area contributed by atoms with Gasteiger partial charge in [-0.2, -0.15) is 5.26 Å². The number of nitrogens with one attached hydrogen (secondary N) is 1. The molecule has 2 rings (SSSR count). The van der Waals surface area contributed by atoms with Gasteiger partial charge >= 0.3 is 0 Å². The van der Waals surface area contributed by atoms with E-state index in [1.54, 1.807) is 0 Å². The van der Waals surface area contributed by atoms with Gasteiger partial charge in [0.1, 0.15) is 0 Å². The molecule has 3 nitrogen and oxygen atoms in total. The van der Waals surface area contributed by atoms with Gasteiger partial charge in [-0.25, -0.2) is 0 Å². The highest BCUT2D eigenvalue weighted by Crippen LogP contribution is 2.12. The van der Waals surface area contributed by atoms with Crippen molar-refractivity contribution in [2.24, 2.45) is 0 Å². The molecule has 1 saturated heterocycles. The van der Waals surface area contributed by atoms with E-state index in [1.165, 1.54) is 5.56 Å². The zero-order chi connectivity index (χ0) is 12.3. The minimum Gasteiger partial charge on any atom is -0.311 e. The number of nitrogens with zero attached hydrogens (tertiary/aromatic N) is 2. The smallest absolute Gasteiger partial charge is 0.0991 e. The Bertz CT molecular complexity index is 404. The fourth-order valence-electron chi connectivity index (χ4n) is 2.24. The van der Waals surface area contributed by atoms with Crippen molar-refractivity contribution in [1.82, 2.24) is 10.2 Å². The highest BCUT2D eigenvalue weighted by Gasteiger charge is 2.21. The maximum Gasteiger partial charge on any atom is 0.0991 e. The van der Waals surface area contributed by atoms with Gasteiger partial charge in [0.25, 0.3) is 0 Å². The third-order valence-electron chi connectivity index (χ3n) is 3.36. The lowest BCUT2D eigenvalue weighted by molar-refractivity contribution is 0.139. The molecule has 1 aromatic carbocycles. The molecule has 3 heteroatoms. The fraction of sp³-hybridized carbons (Fsp3) is 0.500. The molecule has 90 valence electrons. The number of piperazine rings is 1. The molecule has 1 aliphatic rings. The first-order valence-corrected chi connectivity index (χ1v) is 6.15. The van der Waals surface area contributed by atoms with Crippen LogP contribution in [0.5, 0.6) is 0 Å². The van der Waals surface area contributed by atoms with Crippen LogP contribution in [-0.2, 0) is 6.54 Å². The minimum absolute atomic E-state index is 0.560. The molecule has 0 radical (unpaired) electrons. The lowest BCUT2D eigenvalue weighted by Gasteiger charge is -2.37. The zero-order valence-electron chi connectivity index (χ0n) is 10.5. The van der Waals surface area contributed by atoms with Gasteiger partial charge in [-0.3, -0.25) is 4.90 Å². The Morgan fingerprint density at radius 2 is 2.06 bits per heavy atom. The Labute approximate surface area is 103 Å². The first-order chi connectivity index (χ1) is 8.19. The van der Waals surface area contributed by atoms with E-state index >= 15 is 0 Å². The van der Waals surface area contributed by atoms with Crippen LogP contribution in [0, 0.1) is 11.3 Å². The summed E-state index contributed by atoms with van der Waals surface area (Å²) in [6, 6.07) is 11.2. The molecular weight excluding hydrogens is 210 g/mol. The van der Waals surface area contributed by atoms with Crippen LogP contribution in [0.2, 0.25) is 0 Å². The zero-order valence-corrected chi connectivity index (χ0v) is 10.5. The van der Waals surface area contributed by atoms with Crippen LogP contribution in [0.25, 0.3) is 0 Å². The van der Waals surface area contributed by atoms with Gasteiger partial charge in [0.15, 0.2) is 0 Å². The number of hydrogen-bond acceptors (Lipinski definition) is 3. The van der Waals surface area contributed by atoms with E-state index in [0.29, 0.717) is 12.1 Å². The molecule has 0 spiro atoms. The second-order valence-corrected chi connectivity index (χ2v) is 4.90. The summed E-state index contributed by atoms with van der Waals surface area (Å²) < 4.78 is 0. The molecule has 1 fully saturated rings. The van der Waals surface area contributed by atoms with Crippen molar-refractivity contribution < 1.29 is 0 Å². The average molecular weight is 229 g/mol. The second kappa shape index (κ2) is 5.31. The SMILES string of the molecule is CC1CN(Cc2ccc(C#N)cc2)C(C)CN1. The van der Waals surface area contributed by atoms with E-state index in [0.717, 1.165) is 25.2 Å². The summed E-state index contributed by atoms with van der Waals surface area (Å²) in [6.45, 7) is 7.58.